The van der Waals surface area contributed by atoms with Gasteiger partial charge in [0.15, 0.2) is 11.4 Å². The van der Waals surface area contributed by atoms with Gasteiger partial charge >= 0.3 is 0 Å². The zero-order valence-corrected chi connectivity index (χ0v) is 16.4. The average molecular weight is 401 g/mol. The van der Waals surface area contributed by atoms with Crippen LogP contribution in [0.4, 0.5) is 4.39 Å². The topological polar surface area (TPSA) is 64.1 Å². The minimum Gasteiger partial charge on any atom is -0.484 e. The first kappa shape index (κ1) is 19.5. The minimum atomic E-state index is -0.336. The summed E-state index contributed by atoms with van der Waals surface area (Å²) < 4.78 is 19.1. The van der Waals surface area contributed by atoms with Crippen molar-refractivity contribution in [3.05, 3.63) is 101 Å². The van der Waals surface area contributed by atoms with Crippen LogP contribution in [0, 0.1) is 5.82 Å². The first-order chi connectivity index (χ1) is 14.6. The van der Waals surface area contributed by atoms with Crippen LogP contribution in [0.2, 0.25) is 0 Å². The van der Waals surface area contributed by atoms with Gasteiger partial charge in [0.2, 0.25) is 0 Å². The number of aromatic nitrogens is 2. The molecule has 30 heavy (non-hydrogen) atoms. The lowest BCUT2D eigenvalue weighted by molar-refractivity contribution is 0.0953. The number of nitrogens with one attached hydrogen (secondary N) is 1. The van der Waals surface area contributed by atoms with Crippen LogP contribution < -0.4 is 10.1 Å². The monoisotopic (exact) mass is 401 g/mol. The lowest BCUT2D eigenvalue weighted by atomic mass is 10.0. The Balaban J connectivity index is 1.68. The van der Waals surface area contributed by atoms with Crippen LogP contribution >= 0.6 is 0 Å². The Morgan fingerprint density at radius 1 is 0.967 bits per heavy atom. The van der Waals surface area contributed by atoms with Gasteiger partial charge in [0.05, 0.1) is 0 Å². The molecule has 0 saturated heterocycles. The maximum absolute atomic E-state index is 13.1. The Hall–Kier alpha value is -3.80. The highest BCUT2D eigenvalue weighted by atomic mass is 19.1. The molecule has 2 aromatic heterocycles. The molecular weight excluding hydrogens is 381 g/mol. The van der Waals surface area contributed by atoms with Crippen LogP contribution in [-0.2, 0) is 13.0 Å². The summed E-state index contributed by atoms with van der Waals surface area (Å²) in [5.41, 5.74) is 3.68. The number of ether oxygens (including phenoxy) is 1. The van der Waals surface area contributed by atoms with Gasteiger partial charge in [-0.2, -0.15) is 0 Å². The molecule has 0 bridgehead atoms. The van der Waals surface area contributed by atoms with Crippen molar-refractivity contribution >= 4 is 16.8 Å². The summed E-state index contributed by atoms with van der Waals surface area (Å²) in [7, 11) is 1.55. The van der Waals surface area contributed by atoms with Crippen molar-refractivity contribution in [1.29, 1.82) is 0 Å². The standard InChI is InChI=1S/C24H20FN3O2/c1-26-24(29)22-23(30-15-17-5-3-2-4-6-17)21-19(14-28-22)12-18(13-27-21)11-16-7-9-20(25)10-8-16/h2-10,12-14H,11,15H2,1H3,(H,26,29). The molecule has 0 aliphatic heterocycles. The Morgan fingerprint density at radius 3 is 2.47 bits per heavy atom. The normalized spacial score (nSPS) is 10.7. The third-order valence-electron chi connectivity index (χ3n) is 4.73. The third kappa shape index (κ3) is 4.27. The molecular formula is C24H20FN3O2. The molecule has 0 aliphatic carbocycles. The maximum atomic E-state index is 13.1. The molecule has 1 N–H and O–H groups in total. The van der Waals surface area contributed by atoms with Crippen LogP contribution in [0.15, 0.2) is 73.1 Å². The summed E-state index contributed by atoms with van der Waals surface area (Å²) in [6, 6.07) is 18.0. The molecule has 6 heteroatoms. The van der Waals surface area contributed by atoms with Gasteiger partial charge in [-0.05, 0) is 41.3 Å². The number of rotatable bonds is 6. The van der Waals surface area contributed by atoms with Gasteiger partial charge in [-0.25, -0.2) is 9.37 Å². The molecule has 2 heterocycles. The van der Waals surface area contributed by atoms with E-state index in [9.17, 15) is 9.18 Å². The lowest BCUT2D eigenvalue weighted by Crippen LogP contribution is -2.20. The highest BCUT2D eigenvalue weighted by molar-refractivity contribution is 6.00. The van der Waals surface area contributed by atoms with E-state index in [0.717, 1.165) is 22.1 Å². The van der Waals surface area contributed by atoms with Crippen molar-refractivity contribution in [1.82, 2.24) is 15.3 Å². The van der Waals surface area contributed by atoms with E-state index >= 15 is 0 Å². The molecule has 0 radical (unpaired) electrons. The number of benzene rings is 2. The number of fused-ring (bicyclic) bond motifs is 1. The lowest BCUT2D eigenvalue weighted by Gasteiger charge is -2.13. The van der Waals surface area contributed by atoms with Gasteiger partial charge in [-0.15, -0.1) is 0 Å². The van der Waals surface area contributed by atoms with E-state index in [4.69, 9.17) is 4.74 Å². The van der Waals surface area contributed by atoms with Gasteiger partial charge < -0.3 is 10.1 Å². The zero-order valence-electron chi connectivity index (χ0n) is 16.4. The van der Waals surface area contributed by atoms with Gasteiger partial charge in [-0.1, -0.05) is 42.5 Å². The Labute approximate surface area is 173 Å². The van der Waals surface area contributed by atoms with Gasteiger partial charge in [0.25, 0.3) is 5.91 Å². The smallest absolute Gasteiger partial charge is 0.273 e. The molecule has 0 saturated carbocycles. The fraction of sp³-hybridized carbons (Fsp3) is 0.125. The SMILES string of the molecule is CNC(=O)c1ncc2cc(Cc3ccc(F)cc3)cnc2c1OCc1ccccc1. The van der Waals surface area contributed by atoms with Crippen LogP contribution in [0.5, 0.6) is 5.75 Å². The third-order valence-corrected chi connectivity index (χ3v) is 4.73. The molecule has 0 atom stereocenters. The van der Waals surface area contributed by atoms with E-state index in [1.165, 1.54) is 12.1 Å². The summed E-state index contributed by atoms with van der Waals surface area (Å²) in [4.78, 5) is 21.2. The summed E-state index contributed by atoms with van der Waals surface area (Å²) in [5.74, 6) is -0.247. The molecule has 4 aromatic rings. The van der Waals surface area contributed by atoms with E-state index < -0.39 is 0 Å². The first-order valence-electron chi connectivity index (χ1n) is 9.55. The molecule has 2 aromatic carbocycles. The molecule has 1 amide bonds. The van der Waals surface area contributed by atoms with Gasteiger partial charge in [-0.3, -0.25) is 9.78 Å². The van der Waals surface area contributed by atoms with E-state index in [2.05, 4.69) is 15.3 Å². The van der Waals surface area contributed by atoms with E-state index in [-0.39, 0.29) is 17.4 Å². The van der Waals surface area contributed by atoms with Crippen molar-refractivity contribution in [2.75, 3.05) is 7.05 Å². The highest BCUT2D eigenvalue weighted by Crippen LogP contribution is 2.28. The fourth-order valence-electron chi connectivity index (χ4n) is 3.20. The zero-order chi connectivity index (χ0) is 20.9. The quantitative estimate of drug-likeness (QED) is 0.523. The number of halogens is 1. The van der Waals surface area contributed by atoms with Crippen molar-refractivity contribution in [2.24, 2.45) is 0 Å². The van der Waals surface area contributed by atoms with Crippen molar-refractivity contribution in [3.63, 3.8) is 0 Å². The predicted molar refractivity (Wildman–Crippen MR) is 113 cm³/mol. The van der Waals surface area contributed by atoms with E-state index in [1.807, 2.05) is 36.4 Å². The Morgan fingerprint density at radius 2 is 1.73 bits per heavy atom. The maximum Gasteiger partial charge on any atom is 0.273 e. The highest BCUT2D eigenvalue weighted by Gasteiger charge is 2.18. The predicted octanol–water partition coefficient (Wildman–Crippen LogP) is 4.30. The van der Waals surface area contributed by atoms with Crippen molar-refractivity contribution < 1.29 is 13.9 Å². The van der Waals surface area contributed by atoms with Crippen LogP contribution in [0.3, 0.4) is 0 Å². The van der Waals surface area contributed by atoms with Crippen molar-refractivity contribution in [2.45, 2.75) is 13.0 Å². The number of hydrogen-bond donors (Lipinski definition) is 1. The number of carbonyl (C=O) groups is 1. The van der Waals surface area contributed by atoms with Crippen LogP contribution in [0.1, 0.15) is 27.2 Å². The van der Waals surface area contributed by atoms with Gasteiger partial charge in [0.1, 0.15) is 17.9 Å². The number of amides is 1. The summed E-state index contributed by atoms with van der Waals surface area (Å²) >= 11 is 0. The molecule has 0 fully saturated rings. The summed E-state index contributed by atoms with van der Waals surface area (Å²) in [5, 5.41) is 3.36. The largest absolute Gasteiger partial charge is 0.484 e. The molecule has 0 spiro atoms. The second-order valence-corrected chi connectivity index (χ2v) is 6.87. The second-order valence-electron chi connectivity index (χ2n) is 6.87. The van der Waals surface area contributed by atoms with E-state index in [0.29, 0.717) is 24.3 Å². The Bertz CT molecular complexity index is 1180. The Kier molecular flexibility index (Phi) is 5.66. The van der Waals surface area contributed by atoms with Gasteiger partial charge in [0, 0.05) is 24.8 Å². The molecule has 4 rings (SSSR count). The molecule has 0 aliphatic rings. The number of carbonyl (C=O) groups excluding carboxylic acids is 1. The fourth-order valence-corrected chi connectivity index (χ4v) is 3.20. The first-order valence-corrected chi connectivity index (χ1v) is 9.55. The number of pyridine rings is 2. The van der Waals surface area contributed by atoms with Crippen molar-refractivity contribution in [3.8, 4) is 5.75 Å². The number of nitrogens with zero attached hydrogens (tertiary/aromatic N) is 2. The molecule has 5 nitrogen and oxygen atoms in total. The summed E-state index contributed by atoms with van der Waals surface area (Å²) in [6.07, 6.45) is 3.98. The minimum absolute atomic E-state index is 0.194. The van der Waals surface area contributed by atoms with Crippen LogP contribution in [-0.4, -0.2) is 22.9 Å². The van der Waals surface area contributed by atoms with Crippen LogP contribution in [0.25, 0.3) is 10.9 Å². The average Bonchev–Trinajstić information content (AvgIpc) is 2.79. The molecule has 0 unspecified atom stereocenters. The molecule has 150 valence electrons. The number of hydrogen-bond acceptors (Lipinski definition) is 4. The summed E-state index contributed by atoms with van der Waals surface area (Å²) in [6.45, 7) is 0.296. The second kappa shape index (κ2) is 8.69. The van der Waals surface area contributed by atoms with E-state index in [1.54, 1.807) is 31.6 Å².